The van der Waals surface area contributed by atoms with Crippen molar-refractivity contribution in [3.05, 3.63) is 0 Å². The van der Waals surface area contributed by atoms with Gasteiger partial charge < -0.3 is 49.4 Å². The van der Waals surface area contributed by atoms with Gasteiger partial charge in [0, 0.05) is 0 Å². The minimum absolute atomic E-state index is 0.197. The zero-order valence-electron chi connectivity index (χ0n) is 12.0. The van der Waals surface area contributed by atoms with Crippen LogP contribution in [0.4, 0.5) is 0 Å². The highest BCUT2D eigenvalue weighted by atomic mass is 16.8. The Balaban J connectivity index is 2.00. The number of aliphatic hydroxyl groups excluding tert-OH is 5. The molecule has 0 bridgehead atoms. The van der Waals surface area contributed by atoms with Crippen molar-refractivity contribution in [3.63, 3.8) is 0 Å². The average Bonchev–Trinajstić information content (AvgIpc) is 2.78. The molecule has 12 nitrogen and oxygen atoms in total. The third-order valence-electron chi connectivity index (χ3n) is 3.78. The summed E-state index contributed by atoms with van der Waals surface area (Å²) < 4.78 is 15.7. The molecule has 0 aliphatic carbocycles. The van der Waals surface area contributed by atoms with Gasteiger partial charge in [-0.1, -0.05) is 0 Å². The second-order valence-corrected chi connectivity index (χ2v) is 5.34. The molecule has 0 aromatic heterocycles. The number of rotatable bonds is 6. The molecule has 12 heteroatoms. The first-order valence-electron chi connectivity index (χ1n) is 6.90. The molecule has 9 N–H and O–H groups in total. The van der Waals surface area contributed by atoms with Crippen molar-refractivity contribution in [2.75, 3.05) is 13.2 Å². The van der Waals surface area contributed by atoms with Crippen LogP contribution >= 0.6 is 0 Å². The molecule has 5 unspecified atom stereocenters. The highest BCUT2D eigenvalue weighted by Crippen LogP contribution is 2.28. The minimum Gasteiger partial charge on any atom is -0.387 e. The van der Waals surface area contributed by atoms with Gasteiger partial charge in [-0.05, 0) is 0 Å². The van der Waals surface area contributed by atoms with Crippen LogP contribution in [0.5, 0.6) is 0 Å². The molecule has 2 rings (SSSR count). The van der Waals surface area contributed by atoms with E-state index in [1.165, 1.54) is 0 Å². The minimum atomic E-state index is -1.63. The number of hydrogen-bond donors (Lipinski definition) is 7. The standard InChI is InChI=1S/C11H22N2O10/c12-19-1-3-5(14)7(16)9(18)11(21-3)23-10-8(17)6(15)4(22-10)2-20-13/h3-11,14-18H,1-2,12-13H2/t3?,4?,5-,6-,7?,8?,9?,10-,11-/m1/s1. The zero-order chi connectivity index (χ0) is 17.1. The molecule has 0 amide bonds. The van der Waals surface area contributed by atoms with Crippen molar-refractivity contribution in [1.82, 2.24) is 0 Å². The van der Waals surface area contributed by atoms with E-state index in [-0.39, 0.29) is 13.2 Å². The fraction of sp³-hybridized carbons (Fsp3) is 1.00. The maximum absolute atomic E-state index is 9.90. The monoisotopic (exact) mass is 342 g/mol. The quantitative estimate of drug-likeness (QED) is 0.227. The van der Waals surface area contributed by atoms with Crippen molar-refractivity contribution in [2.24, 2.45) is 11.8 Å². The summed E-state index contributed by atoms with van der Waals surface area (Å²) in [5.41, 5.74) is 0. The van der Waals surface area contributed by atoms with E-state index in [1.54, 1.807) is 0 Å². The molecular weight excluding hydrogens is 320 g/mol. The molecule has 0 spiro atoms. The molecular formula is C11H22N2O10. The van der Waals surface area contributed by atoms with E-state index in [1.807, 2.05) is 0 Å². The molecule has 2 saturated heterocycles. The third-order valence-corrected chi connectivity index (χ3v) is 3.78. The van der Waals surface area contributed by atoms with Crippen LogP contribution in [0.3, 0.4) is 0 Å². The van der Waals surface area contributed by atoms with Gasteiger partial charge in [-0.25, -0.2) is 11.8 Å². The molecule has 0 aromatic rings. The Morgan fingerprint density at radius 1 is 0.652 bits per heavy atom. The van der Waals surface area contributed by atoms with Crippen LogP contribution in [0.2, 0.25) is 0 Å². The van der Waals surface area contributed by atoms with E-state index in [9.17, 15) is 25.5 Å². The molecule has 9 atom stereocenters. The fourth-order valence-corrected chi connectivity index (χ4v) is 2.45. The molecule has 136 valence electrons. The maximum atomic E-state index is 9.90. The number of ether oxygens (including phenoxy) is 3. The molecule has 0 aromatic carbocycles. The Hall–Kier alpha value is -0.480. The zero-order valence-corrected chi connectivity index (χ0v) is 12.0. The van der Waals surface area contributed by atoms with Gasteiger partial charge in [0.1, 0.15) is 42.7 Å². The normalized spacial score (nSPS) is 47.9. The Morgan fingerprint density at radius 2 is 1.04 bits per heavy atom. The Kier molecular flexibility index (Phi) is 6.61. The Bertz CT molecular complexity index is 377. The summed E-state index contributed by atoms with van der Waals surface area (Å²) in [6, 6.07) is 0. The summed E-state index contributed by atoms with van der Waals surface area (Å²) in [5.74, 6) is 9.79. The average molecular weight is 342 g/mol. The Labute approximate surface area is 131 Å². The van der Waals surface area contributed by atoms with Gasteiger partial charge in [0.15, 0.2) is 12.6 Å². The second-order valence-electron chi connectivity index (χ2n) is 5.34. The van der Waals surface area contributed by atoms with Crippen LogP contribution in [0, 0.1) is 0 Å². The van der Waals surface area contributed by atoms with Crippen molar-refractivity contribution in [3.8, 4) is 0 Å². The summed E-state index contributed by atoms with van der Waals surface area (Å²) >= 11 is 0. The largest absolute Gasteiger partial charge is 0.387 e. The van der Waals surface area contributed by atoms with Gasteiger partial charge in [-0.2, -0.15) is 0 Å². The van der Waals surface area contributed by atoms with Gasteiger partial charge in [0.25, 0.3) is 0 Å². The van der Waals surface area contributed by atoms with E-state index in [0.29, 0.717) is 0 Å². The van der Waals surface area contributed by atoms with Crippen LogP contribution in [0.25, 0.3) is 0 Å². The molecule has 2 fully saturated rings. The van der Waals surface area contributed by atoms with E-state index >= 15 is 0 Å². The number of nitrogens with two attached hydrogens (primary N) is 2. The SMILES string of the molecule is NOCC1O[C@H](O[C@H]2OC(CON)[C@@H](O)C2O)C(O)C(O)[C@@H]1O. The maximum Gasteiger partial charge on any atom is 0.189 e. The summed E-state index contributed by atoms with van der Waals surface area (Å²) in [7, 11) is 0. The molecule has 0 saturated carbocycles. The van der Waals surface area contributed by atoms with Gasteiger partial charge >= 0.3 is 0 Å². The topological polar surface area (TPSA) is 199 Å². The first-order chi connectivity index (χ1) is 10.9. The number of hydrogen-bond acceptors (Lipinski definition) is 12. The highest BCUT2D eigenvalue weighted by molar-refractivity contribution is 4.91. The van der Waals surface area contributed by atoms with E-state index in [2.05, 4.69) is 9.68 Å². The first kappa shape index (κ1) is 18.9. The lowest BCUT2D eigenvalue weighted by Crippen LogP contribution is -2.60. The second kappa shape index (κ2) is 8.06. The summed E-state index contributed by atoms with van der Waals surface area (Å²) in [6.45, 7) is -0.470. The van der Waals surface area contributed by atoms with E-state index in [0.717, 1.165) is 0 Å². The van der Waals surface area contributed by atoms with Crippen LogP contribution in [0.15, 0.2) is 0 Å². The summed E-state index contributed by atoms with van der Waals surface area (Å²) in [4.78, 5) is 8.70. The molecule has 2 aliphatic heterocycles. The highest BCUT2D eigenvalue weighted by Gasteiger charge is 2.49. The van der Waals surface area contributed by atoms with Gasteiger partial charge in [-0.15, -0.1) is 0 Å². The number of aliphatic hydroxyl groups is 5. The molecule has 2 aliphatic rings. The lowest BCUT2D eigenvalue weighted by molar-refractivity contribution is -0.343. The van der Waals surface area contributed by atoms with Crippen LogP contribution in [-0.4, -0.2) is 94.1 Å². The van der Waals surface area contributed by atoms with Gasteiger partial charge in [0.2, 0.25) is 0 Å². The van der Waals surface area contributed by atoms with Crippen molar-refractivity contribution in [1.29, 1.82) is 0 Å². The Morgan fingerprint density at radius 3 is 1.48 bits per heavy atom. The van der Waals surface area contributed by atoms with Crippen LogP contribution < -0.4 is 11.8 Å². The molecule has 2 heterocycles. The fourth-order valence-electron chi connectivity index (χ4n) is 2.45. The lowest BCUT2D eigenvalue weighted by atomic mass is 9.99. The van der Waals surface area contributed by atoms with Crippen molar-refractivity contribution < 1.29 is 49.4 Å². The van der Waals surface area contributed by atoms with Crippen LogP contribution in [0.1, 0.15) is 0 Å². The first-order valence-corrected chi connectivity index (χ1v) is 6.90. The smallest absolute Gasteiger partial charge is 0.189 e. The predicted molar refractivity (Wildman–Crippen MR) is 68.7 cm³/mol. The van der Waals surface area contributed by atoms with Crippen molar-refractivity contribution >= 4 is 0 Å². The predicted octanol–water partition coefficient (Wildman–Crippen LogP) is -4.96. The summed E-state index contributed by atoms with van der Waals surface area (Å²) in [6.07, 6.45) is -12.3. The summed E-state index contributed by atoms with van der Waals surface area (Å²) in [5, 5.41) is 49.1. The lowest BCUT2D eigenvalue weighted by Gasteiger charge is -2.40. The van der Waals surface area contributed by atoms with Gasteiger partial charge in [-0.3, -0.25) is 0 Å². The third kappa shape index (κ3) is 3.96. The molecule has 0 radical (unpaired) electrons. The van der Waals surface area contributed by atoms with Crippen LogP contribution in [-0.2, 0) is 23.9 Å². The van der Waals surface area contributed by atoms with Gasteiger partial charge in [0.05, 0.1) is 13.2 Å². The van der Waals surface area contributed by atoms with E-state index < -0.39 is 55.3 Å². The molecule has 23 heavy (non-hydrogen) atoms. The van der Waals surface area contributed by atoms with E-state index in [4.69, 9.17) is 26.0 Å². The van der Waals surface area contributed by atoms with Crippen molar-refractivity contribution in [2.45, 2.75) is 55.3 Å².